The van der Waals surface area contributed by atoms with Crippen LogP contribution in [0.15, 0.2) is 28.7 Å². The fourth-order valence-corrected chi connectivity index (χ4v) is 2.61. The fraction of sp³-hybridized carbons (Fsp3) is 0.600. The molecule has 6 heteroatoms. The third kappa shape index (κ3) is 5.23. The van der Waals surface area contributed by atoms with Crippen molar-refractivity contribution in [1.29, 1.82) is 0 Å². The van der Waals surface area contributed by atoms with Gasteiger partial charge in [0.25, 0.3) is 0 Å². The lowest BCUT2D eigenvalue weighted by Crippen LogP contribution is -2.45. The third-order valence-electron chi connectivity index (χ3n) is 3.57. The molecular formula is C15H22BrNO4. The topological polar surface area (TPSA) is 60.0 Å². The van der Waals surface area contributed by atoms with Crippen molar-refractivity contribution in [2.75, 3.05) is 40.0 Å². The van der Waals surface area contributed by atoms with Crippen molar-refractivity contribution in [2.24, 2.45) is 0 Å². The van der Waals surface area contributed by atoms with E-state index in [1.807, 2.05) is 24.3 Å². The van der Waals surface area contributed by atoms with Gasteiger partial charge in [0, 0.05) is 37.7 Å². The minimum atomic E-state index is -0.569. The molecule has 1 aliphatic rings. The Labute approximate surface area is 133 Å². The summed E-state index contributed by atoms with van der Waals surface area (Å²) < 4.78 is 17.4. The molecule has 2 rings (SSSR count). The zero-order valence-electron chi connectivity index (χ0n) is 12.2. The molecule has 0 amide bonds. The molecule has 0 aromatic heterocycles. The number of aliphatic hydroxyl groups is 1. The van der Waals surface area contributed by atoms with Gasteiger partial charge in [0.2, 0.25) is 0 Å². The van der Waals surface area contributed by atoms with Gasteiger partial charge in [0.05, 0.1) is 6.61 Å². The lowest BCUT2D eigenvalue weighted by atomic mass is 10.0. The van der Waals surface area contributed by atoms with Gasteiger partial charge in [-0.2, -0.15) is 0 Å². The monoisotopic (exact) mass is 359 g/mol. The molecule has 2 atom stereocenters. The van der Waals surface area contributed by atoms with Gasteiger partial charge in [-0.15, -0.1) is 0 Å². The summed E-state index contributed by atoms with van der Waals surface area (Å²) in [6, 6.07) is 7.56. The van der Waals surface area contributed by atoms with E-state index in [1.165, 1.54) is 0 Å². The number of hydrogen-bond acceptors (Lipinski definition) is 5. The van der Waals surface area contributed by atoms with Gasteiger partial charge in [0.1, 0.15) is 24.1 Å². The first kappa shape index (κ1) is 16.7. The first-order chi connectivity index (χ1) is 10.1. The highest BCUT2D eigenvalue weighted by molar-refractivity contribution is 9.10. The maximum absolute atomic E-state index is 9.94. The van der Waals surface area contributed by atoms with E-state index < -0.39 is 6.10 Å². The van der Waals surface area contributed by atoms with Crippen LogP contribution in [0.25, 0.3) is 0 Å². The van der Waals surface area contributed by atoms with Gasteiger partial charge in [-0.25, -0.2) is 0 Å². The third-order valence-corrected chi connectivity index (χ3v) is 4.06. The number of methoxy groups -OCH3 is 1. The van der Waals surface area contributed by atoms with Crippen LogP contribution in [0.4, 0.5) is 0 Å². The van der Waals surface area contributed by atoms with Gasteiger partial charge in [-0.05, 0) is 18.2 Å². The molecule has 0 bridgehead atoms. The molecule has 1 aliphatic heterocycles. The van der Waals surface area contributed by atoms with Crippen molar-refractivity contribution in [3.63, 3.8) is 0 Å². The maximum Gasteiger partial charge on any atom is 0.120 e. The van der Waals surface area contributed by atoms with E-state index in [0.717, 1.165) is 23.2 Å². The van der Waals surface area contributed by atoms with Crippen LogP contribution in [0.5, 0.6) is 5.75 Å². The molecule has 0 spiro atoms. The lowest BCUT2D eigenvalue weighted by molar-refractivity contribution is -0.0180. The molecule has 0 radical (unpaired) electrons. The number of rotatable bonds is 8. The van der Waals surface area contributed by atoms with E-state index >= 15 is 0 Å². The highest BCUT2D eigenvalue weighted by Crippen LogP contribution is 2.21. The summed E-state index contributed by atoms with van der Waals surface area (Å²) in [7, 11) is 1.70. The highest BCUT2D eigenvalue weighted by atomic mass is 79.9. The van der Waals surface area contributed by atoms with Crippen molar-refractivity contribution >= 4 is 15.9 Å². The minimum Gasteiger partial charge on any atom is -0.491 e. The highest BCUT2D eigenvalue weighted by Gasteiger charge is 2.34. The Morgan fingerprint density at radius 3 is 3.05 bits per heavy atom. The van der Waals surface area contributed by atoms with Crippen LogP contribution in [0.1, 0.15) is 6.42 Å². The summed E-state index contributed by atoms with van der Waals surface area (Å²) in [5, 5.41) is 13.2. The Bertz CT molecular complexity index is 437. The predicted octanol–water partition coefficient (Wildman–Crippen LogP) is 1.58. The number of ether oxygens (including phenoxy) is 3. The minimum absolute atomic E-state index is 0.250. The summed E-state index contributed by atoms with van der Waals surface area (Å²) in [5.74, 6) is 0.737. The van der Waals surface area contributed by atoms with Crippen LogP contribution >= 0.6 is 15.9 Å². The van der Waals surface area contributed by atoms with Crippen LogP contribution in [-0.4, -0.2) is 56.8 Å². The Morgan fingerprint density at radius 1 is 1.52 bits per heavy atom. The summed E-state index contributed by atoms with van der Waals surface area (Å²) in [5.41, 5.74) is -0.259. The van der Waals surface area contributed by atoms with Gasteiger partial charge >= 0.3 is 0 Å². The number of aliphatic hydroxyl groups excluding tert-OH is 1. The van der Waals surface area contributed by atoms with Crippen LogP contribution in [0.2, 0.25) is 0 Å². The molecule has 1 saturated heterocycles. The number of hydrogen-bond donors (Lipinski definition) is 2. The standard InChI is InChI=1S/C15H22BrNO4/c1-19-15(5-6-20-11-15)10-17-8-13(18)9-21-14-4-2-3-12(16)7-14/h2-4,7,13,17-18H,5-6,8-11H2,1H3. The van der Waals surface area contributed by atoms with E-state index in [-0.39, 0.29) is 12.2 Å². The normalized spacial score (nSPS) is 23.2. The van der Waals surface area contributed by atoms with Crippen LogP contribution in [0, 0.1) is 0 Å². The van der Waals surface area contributed by atoms with E-state index in [1.54, 1.807) is 7.11 Å². The van der Waals surface area contributed by atoms with Gasteiger partial charge < -0.3 is 24.6 Å². The van der Waals surface area contributed by atoms with Crippen LogP contribution in [-0.2, 0) is 9.47 Å². The molecule has 2 unspecified atom stereocenters. The van der Waals surface area contributed by atoms with E-state index in [0.29, 0.717) is 19.7 Å². The van der Waals surface area contributed by atoms with Crippen molar-refractivity contribution in [3.05, 3.63) is 28.7 Å². The van der Waals surface area contributed by atoms with Crippen LogP contribution in [0.3, 0.4) is 0 Å². The second kappa shape index (κ2) is 8.10. The number of nitrogens with one attached hydrogen (secondary N) is 1. The van der Waals surface area contributed by atoms with Crippen molar-refractivity contribution in [2.45, 2.75) is 18.1 Å². The lowest BCUT2D eigenvalue weighted by Gasteiger charge is -2.26. The Morgan fingerprint density at radius 2 is 2.38 bits per heavy atom. The number of benzene rings is 1. The molecule has 1 aromatic rings. The van der Waals surface area contributed by atoms with Crippen molar-refractivity contribution in [1.82, 2.24) is 5.32 Å². The molecule has 1 fully saturated rings. The quantitative estimate of drug-likeness (QED) is 0.737. The van der Waals surface area contributed by atoms with Gasteiger partial charge in [-0.1, -0.05) is 22.0 Å². The molecule has 21 heavy (non-hydrogen) atoms. The summed E-state index contributed by atoms with van der Waals surface area (Å²) in [4.78, 5) is 0. The van der Waals surface area contributed by atoms with Gasteiger partial charge in [0.15, 0.2) is 0 Å². The zero-order valence-corrected chi connectivity index (χ0v) is 13.8. The Hall–Kier alpha value is -0.660. The maximum atomic E-state index is 9.94. The molecule has 5 nitrogen and oxygen atoms in total. The van der Waals surface area contributed by atoms with E-state index in [9.17, 15) is 5.11 Å². The molecule has 0 saturated carbocycles. The summed E-state index contributed by atoms with van der Waals surface area (Å²) >= 11 is 3.38. The average molecular weight is 360 g/mol. The second-order valence-corrected chi connectivity index (χ2v) is 6.16. The average Bonchev–Trinajstić information content (AvgIpc) is 2.95. The van der Waals surface area contributed by atoms with Gasteiger partial charge in [-0.3, -0.25) is 0 Å². The Kier molecular flexibility index (Phi) is 6.44. The first-order valence-electron chi connectivity index (χ1n) is 7.04. The van der Waals surface area contributed by atoms with Crippen molar-refractivity contribution < 1.29 is 19.3 Å². The largest absolute Gasteiger partial charge is 0.491 e. The first-order valence-corrected chi connectivity index (χ1v) is 7.83. The van der Waals surface area contributed by atoms with E-state index in [4.69, 9.17) is 14.2 Å². The molecule has 1 heterocycles. The molecular weight excluding hydrogens is 338 g/mol. The molecule has 118 valence electrons. The summed E-state index contributed by atoms with van der Waals surface area (Å²) in [6.07, 6.45) is 0.307. The molecule has 1 aromatic carbocycles. The number of halogens is 1. The second-order valence-electron chi connectivity index (χ2n) is 5.24. The molecule has 0 aliphatic carbocycles. The zero-order chi connectivity index (χ0) is 15.1. The molecule has 2 N–H and O–H groups in total. The fourth-order valence-electron chi connectivity index (χ4n) is 2.24. The smallest absolute Gasteiger partial charge is 0.120 e. The van der Waals surface area contributed by atoms with E-state index in [2.05, 4.69) is 21.2 Å². The Balaban J connectivity index is 1.66. The van der Waals surface area contributed by atoms with Crippen molar-refractivity contribution in [3.8, 4) is 5.75 Å². The SMILES string of the molecule is COC1(CNCC(O)COc2cccc(Br)c2)CCOC1. The summed E-state index contributed by atoms with van der Waals surface area (Å²) in [6.45, 7) is 2.70. The van der Waals surface area contributed by atoms with Crippen LogP contribution < -0.4 is 10.1 Å². The predicted molar refractivity (Wildman–Crippen MR) is 83.7 cm³/mol.